The number of hydrogen-bond donors (Lipinski definition) is 1. The number of aliphatic hydroxyl groups excluding tert-OH is 1. The molecule has 2 rings (SSSR count). The van der Waals surface area contributed by atoms with Gasteiger partial charge in [0.2, 0.25) is 0 Å². The van der Waals surface area contributed by atoms with E-state index in [1.807, 2.05) is 24.3 Å². The molecule has 0 saturated carbocycles. The van der Waals surface area contributed by atoms with E-state index in [0.29, 0.717) is 0 Å². The van der Waals surface area contributed by atoms with Crippen LogP contribution in [0.2, 0.25) is 0 Å². The molecule has 2 nitrogen and oxygen atoms in total. The van der Waals surface area contributed by atoms with E-state index in [4.69, 9.17) is 9.84 Å². The van der Waals surface area contributed by atoms with Gasteiger partial charge in [0.05, 0.1) is 0 Å². The van der Waals surface area contributed by atoms with Gasteiger partial charge in [-0.1, -0.05) is 43.7 Å². The third-order valence-electron chi connectivity index (χ3n) is 3.52. The van der Waals surface area contributed by atoms with Crippen LogP contribution in [0.15, 0.2) is 48.5 Å². The van der Waals surface area contributed by atoms with Crippen molar-refractivity contribution < 1.29 is 9.84 Å². The summed E-state index contributed by atoms with van der Waals surface area (Å²) in [7, 11) is 0. The molecule has 0 spiro atoms. The standard InChI is InChI=1S/C19H24O2/c1-2-3-10-17-11-4-5-13-19(17)21-18-12-6-8-16(15-18)9-7-14-20/h4-6,8,11-13,15,20H,2-3,7,9-10,14H2,1H3. The zero-order chi connectivity index (χ0) is 14.9. The highest BCUT2D eigenvalue weighted by molar-refractivity contribution is 5.39. The Labute approximate surface area is 127 Å². The Morgan fingerprint density at radius 2 is 1.81 bits per heavy atom. The highest BCUT2D eigenvalue weighted by Gasteiger charge is 2.04. The molecule has 2 heteroatoms. The van der Waals surface area contributed by atoms with Crippen molar-refractivity contribution in [3.8, 4) is 11.5 Å². The fourth-order valence-electron chi connectivity index (χ4n) is 2.35. The third kappa shape index (κ3) is 4.91. The van der Waals surface area contributed by atoms with E-state index in [-0.39, 0.29) is 6.61 Å². The molecular weight excluding hydrogens is 260 g/mol. The number of ether oxygens (including phenoxy) is 1. The van der Waals surface area contributed by atoms with Gasteiger partial charge in [-0.3, -0.25) is 0 Å². The van der Waals surface area contributed by atoms with Crippen molar-refractivity contribution in [2.24, 2.45) is 0 Å². The van der Waals surface area contributed by atoms with Crippen LogP contribution in [-0.4, -0.2) is 11.7 Å². The Morgan fingerprint density at radius 1 is 0.952 bits per heavy atom. The second kappa shape index (κ2) is 8.48. The molecule has 0 unspecified atom stereocenters. The van der Waals surface area contributed by atoms with E-state index in [1.165, 1.54) is 24.0 Å². The van der Waals surface area contributed by atoms with Crippen LogP contribution in [0.1, 0.15) is 37.3 Å². The van der Waals surface area contributed by atoms with Gasteiger partial charge in [-0.25, -0.2) is 0 Å². The predicted molar refractivity (Wildman–Crippen MR) is 87.0 cm³/mol. The summed E-state index contributed by atoms with van der Waals surface area (Å²) >= 11 is 0. The number of rotatable bonds is 8. The maximum absolute atomic E-state index is 8.92. The second-order valence-corrected chi connectivity index (χ2v) is 5.29. The number of hydrogen-bond acceptors (Lipinski definition) is 2. The quantitative estimate of drug-likeness (QED) is 0.758. The fraction of sp³-hybridized carbons (Fsp3) is 0.368. The Morgan fingerprint density at radius 3 is 2.62 bits per heavy atom. The van der Waals surface area contributed by atoms with Gasteiger partial charge in [-0.2, -0.15) is 0 Å². The molecule has 0 radical (unpaired) electrons. The van der Waals surface area contributed by atoms with Crippen LogP contribution >= 0.6 is 0 Å². The van der Waals surface area contributed by atoms with Crippen molar-refractivity contribution in [3.63, 3.8) is 0 Å². The van der Waals surface area contributed by atoms with Crippen LogP contribution in [0.4, 0.5) is 0 Å². The maximum Gasteiger partial charge on any atom is 0.130 e. The van der Waals surface area contributed by atoms with Crippen molar-refractivity contribution in [3.05, 3.63) is 59.7 Å². The van der Waals surface area contributed by atoms with E-state index in [0.717, 1.165) is 30.8 Å². The molecule has 0 amide bonds. The zero-order valence-electron chi connectivity index (χ0n) is 12.7. The van der Waals surface area contributed by atoms with Gasteiger partial charge in [-0.05, 0) is 55.0 Å². The molecule has 2 aromatic carbocycles. The Hall–Kier alpha value is -1.80. The number of aliphatic hydroxyl groups is 1. The zero-order valence-corrected chi connectivity index (χ0v) is 12.7. The maximum atomic E-state index is 8.92. The minimum atomic E-state index is 0.227. The molecular formula is C19H24O2. The largest absolute Gasteiger partial charge is 0.457 e. The summed E-state index contributed by atoms with van der Waals surface area (Å²) in [5.41, 5.74) is 2.47. The SMILES string of the molecule is CCCCc1ccccc1Oc1cccc(CCCO)c1. The molecule has 0 bridgehead atoms. The molecule has 0 saturated heterocycles. The molecule has 2 aromatic rings. The van der Waals surface area contributed by atoms with Crippen molar-refractivity contribution in [2.75, 3.05) is 6.61 Å². The monoisotopic (exact) mass is 284 g/mol. The Balaban J connectivity index is 2.10. The first-order valence-corrected chi connectivity index (χ1v) is 7.79. The third-order valence-corrected chi connectivity index (χ3v) is 3.52. The van der Waals surface area contributed by atoms with Crippen molar-refractivity contribution in [1.82, 2.24) is 0 Å². The lowest BCUT2D eigenvalue weighted by Crippen LogP contribution is -1.94. The lowest BCUT2D eigenvalue weighted by molar-refractivity contribution is 0.288. The van der Waals surface area contributed by atoms with Crippen LogP contribution in [0.5, 0.6) is 11.5 Å². The minimum absolute atomic E-state index is 0.227. The molecule has 1 N–H and O–H groups in total. The normalized spacial score (nSPS) is 10.6. The van der Waals surface area contributed by atoms with Gasteiger partial charge in [0.25, 0.3) is 0 Å². The van der Waals surface area contributed by atoms with E-state index in [9.17, 15) is 0 Å². The topological polar surface area (TPSA) is 29.5 Å². The van der Waals surface area contributed by atoms with Crippen LogP contribution in [0, 0.1) is 0 Å². The first kappa shape index (κ1) is 15.6. The summed E-state index contributed by atoms with van der Waals surface area (Å²) in [6.07, 6.45) is 5.08. The van der Waals surface area contributed by atoms with Gasteiger partial charge in [0, 0.05) is 6.61 Å². The molecule has 112 valence electrons. The summed E-state index contributed by atoms with van der Waals surface area (Å²) in [4.78, 5) is 0. The highest BCUT2D eigenvalue weighted by Crippen LogP contribution is 2.27. The lowest BCUT2D eigenvalue weighted by atomic mass is 10.1. The molecule has 0 atom stereocenters. The van der Waals surface area contributed by atoms with Crippen LogP contribution in [0.3, 0.4) is 0 Å². The van der Waals surface area contributed by atoms with Gasteiger partial charge < -0.3 is 9.84 Å². The fourth-order valence-corrected chi connectivity index (χ4v) is 2.35. The van der Waals surface area contributed by atoms with Crippen LogP contribution in [0.25, 0.3) is 0 Å². The molecule has 0 heterocycles. The van der Waals surface area contributed by atoms with E-state index < -0.39 is 0 Å². The molecule has 21 heavy (non-hydrogen) atoms. The summed E-state index contributed by atoms with van der Waals surface area (Å²) < 4.78 is 6.06. The highest BCUT2D eigenvalue weighted by atomic mass is 16.5. The van der Waals surface area contributed by atoms with Crippen LogP contribution < -0.4 is 4.74 Å². The average Bonchev–Trinajstić information content (AvgIpc) is 2.52. The molecule has 0 aromatic heterocycles. The first-order valence-electron chi connectivity index (χ1n) is 7.79. The van der Waals surface area contributed by atoms with E-state index in [2.05, 4.69) is 31.2 Å². The second-order valence-electron chi connectivity index (χ2n) is 5.29. The van der Waals surface area contributed by atoms with Crippen LogP contribution in [-0.2, 0) is 12.8 Å². The number of aryl methyl sites for hydroxylation is 2. The van der Waals surface area contributed by atoms with E-state index in [1.54, 1.807) is 0 Å². The summed E-state index contributed by atoms with van der Waals surface area (Å²) in [5, 5.41) is 8.92. The average molecular weight is 284 g/mol. The molecule has 0 fully saturated rings. The van der Waals surface area contributed by atoms with Gasteiger partial charge in [0.15, 0.2) is 0 Å². The van der Waals surface area contributed by atoms with Crippen molar-refractivity contribution >= 4 is 0 Å². The number of unbranched alkanes of at least 4 members (excludes halogenated alkanes) is 1. The Kier molecular flexibility index (Phi) is 6.29. The van der Waals surface area contributed by atoms with Gasteiger partial charge in [0.1, 0.15) is 11.5 Å². The number of para-hydroxylation sites is 1. The van der Waals surface area contributed by atoms with Crippen molar-refractivity contribution in [1.29, 1.82) is 0 Å². The van der Waals surface area contributed by atoms with E-state index >= 15 is 0 Å². The van der Waals surface area contributed by atoms with Crippen molar-refractivity contribution in [2.45, 2.75) is 39.0 Å². The summed E-state index contributed by atoms with van der Waals surface area (Å²) in [6, 6.07) is 16.4. The Bertz CT molecular complexity index is 549. The summed E-state index contributed by atoms with van der Waals surface area (Å²) in [5.74, 6) is 1.82. The molecule has 0 aliphatic heterocycles. The van der Waals surface area contributed by atoms with Gasteiger partial charge in [-0.15, -0.1) is 0 Å². The summed E-state index contributed by atoms with van der Waals surface area (Å²) in [6.45, 7) is 2.43. The predicted octanol–water partition coefficient (Wildman–Crippen LogP) is 4.75. The number of benzene rings is 2. The molecule has 0 aliphatic carbocycles. The van der Waals surface area contributed by atoms with Gasteiger partial charge >= 0.3 is 0 Å². The molecule has 0 aliphatic rings. The minimum Gasteiger partial charge on any atom is -0.457 e. The smallest absolute Gasteiger partial charge is 0.130 e. The lowest BCUT2D eigenvalue weighted by Gasteiger charge is -2.12. The first-order chi connectivity index (χ1) is 10.3.